The maximum absolute atomic E-state index is 12.2. The van der Waals surface area contributed by atoms with Crippen LogP contribution in [-0.2, 0) is 9.59 Å². The van der Waals surface area contributed by atoms with Crippen LogP contribution in [0.2, 0.25) is 0 Å². The number of hydrogen-bond acceptors (Lipinski definition) is 4. The summed E-state index contributed by atoms with van der Waals surface area (Å²) < 4.78 is 0. The maximum Gasteiger partial charge on any atom is 0.243 e. The van der Waals surface area contributed by atoms with E-state index in [4.69, 9.17) is 0 Å². The van der Waals surface area contributed by atoms with Crippen molar-refractivity contribution in [3.05, 3.63) is 24.5 Å². The van der Waals surface area contributed by atoms with Gasteiger partial charge in [-0.15, -0.1) is 0 Å². The van der Waals surface area contributed by atoms with Crippen LogP contribution in [0.1, 0.15) is 32.1 Å². The number of anilines is 1. The van der Waals surface area contributed by atoms with E-state index >= 15 is 0 Å². The van der Waals surface area contributed by atoms with Gasteiger partial charge in [-0.1, -0.05) is 12.8 Å². The molecule has 6 nitrogen and oxygen atoms in total. The van der Waals surface area contributed by atoms with Gasteiger partial charge in [0.15, 0.2) is 0 Å². The average Bonchev–Trinajstić information content (AvgIpc) is 2.98. The number of aromatic nitrogens is 1. The largest absolute Gasteiger partial charge is 0.346 e. The normalized spacial score (nSPS) is 27.0. The topological polar surface area (TPSA) is 83.1 Å². The van der Waals surface area contributed by atoms with Gasteiger partial charge in [-0.25, -0.2) is 0 Å². The summed E-state index contributed by atoms with van der Waals surface area (Å²) in [5.74, 6) is 0.307. The summed E-state index contributed by atoms with van der Waals surface area (Å²) >= 11 is 0. The highest BCUT2D eigenvalue weighted by Gasteiger charge is 2.38. The van der Waals surface area contributed by atoms with E-state index < -0.39 is 0 Å². The van der Waals surface area contributed by atoms with Crippen molar-refractivity contribution < 1.29 is 9.59 Å². The van der Waals surface area contributed by atoms with Crippen LogP contribution in [0.15, 0.2) is 24.5 Å². The average molecular weight is 302 g/mol. The number of pyridine rings is 1. The molecule has 2 fully saturated rings. The molecule has 1 saturated heterocycles. The van der Waals surface area contributed by atoms with Crippen molar-refractivity contribution in [2.24, 2.45) is 5.92 Å². The molecule has 3 N–H and O–H groups in total. The molecule has 1 aromatic heterocycles. The molecule has 1 aliphatic heterocycles. The molecule has 118 valence electrons. The minimum Gasteiger partial charge on any atom is -0.346 e. The predicted molar refractivity (Wildman–Crippen MR) is 83.2 cm³/mol. The molecule has 3 unspecified atom stereocenters. The van der Waals surface area contributed by atoms with E-state index in [1.807, 2.05) is 0 Å². The summed E-state index contributed by atoms with van der Waals surface area (Å²) in [7, 11) is 0. The third kappa shape index (κ3) is 3.62. The Hall–Kier alpha value is -1.95. The molecule has 2 heterocycles. The van der Waals surface area contributed by atoms with Crippen molar-refractivity contribution in [2.45, 2.75) is 44.2 Å². The van der Waals surface area contributed by atoms with Crippen LogP contribution in [0.4, 0.5) is 5.69 Å². The van der Waals surface area contributed by atoms with Crippen LogP contribution in [0.3, 0.4) is 0 Å². The molecular formula is C16H22N4O2. The smallest absolute Gasteiger partial charge is 0.243 e. The number of carbonyl (C=O) groups excluding carboxylic acids is 2. The first-order valence-electron chi connectivity index (χ1n) is 7.96. The molecule has 6 heteroatoms. The number of nitrogens with zero attached hydrogens (tertiary/aromatic N) is 1. The summed E-state index contributed by atoms with van der Waals surface area (Å²) in [6.07, 6.45) is 8.99. The molecule has 0 radical (unpaired) electrons. The molecule has 3 rings (SSSR count). The number of hydrogen-bond donors (Lipinski definition) is 3. The van der Waals surface area contributed by atoms with Gasteiger partial charge in [-0.2, -0.15) is 0 Å². The number of amides is 2. The third-order valence-electron chi connectivity index (χ3n) is 4.55. The second-order valence-electron chi connectivity index (χ2n) is 6.11. The second kappa shape index (κ2) is 6.87. The zero-order valence-corrected chi connectivity index (χ0v) is 12.5. The lowest BCUT2D eigenvalue weighted by atomic mass is 9.85. The Bertz CT molecular complexity index is 520. The first-order chi connectivity index (χ1) is 10.7. The number of rotatable bonds is 4. The van der Waals surface area contributed by atoms with E-state index in [0.717, 1.165) is 12.8 Å². The molecule has 3 atom stereocenters. The number of nitrogens with one attached hydrogen (secondary N) is 3. The quantitative estimate of drug-likeness (QED) is 0.776. The van der Waals surface area contributed by atoms with Crippen molar-refractivity contribution in [3.8, 4) is 0 Å². The predicted octanol–water partition coefficient (Wildman–Crippen LogP) is 1.06. The minimum atomic E-state index is -0.239. The lowest BCUT2D eigenvalue weighted by Gasteiger charge is -2.24. The highest BCUT2D eigenvalue weighted by Crippen LogP contribution is 2.33. The fourth-order valence-corrected chi connectivity index (χ4v) is 3.45. The number of fused-ring (bicyclic) bond motifs is 1. The van der Waals surface area contributed by atoms with Crippen LogP contribution in [0.5, 0.6) is 0 Å². The Morgan fingerprint density at radius 3 is 2.95 bits per heavy atom. The second-order valence-corrected chi connectivity index (χ2v) is 6.11. The highest BCUT2D eigenvalue weighted by molar-refractivity contribution is 5.95. The first-order valence-corrected chi connectivity index (χ1v) is 7.96. The molecule has 0 bridgehead atoms. The van der Waals surface area contributed by atoms with Crippen molar-refractivity contribution >= 4 is 17.5 Å². The van der Waals surface area contributed by atoms with Crippen LogP contribution >= 0.6 is 0 Å². The van der Waals surface area contributed by atoms with E-state index in [1.54, 1.807) is 24.5 Å². The molecule has 0 aromatic carbocycles. The van der Waals surface area contributed by atoms with E-state index in [0.29, 0.717) is 17.6 Å². The van der Waals surface area contributed by atoms with Gasteiger partial charge >= 0.3 is 0 Å². The zero-order valence-electron chi connectivity index (χ0n) is 12.5. The summed E-state index contributed by atoms with van der Waals surface area (Å²) in [5, 5.41) is 8.83. The molecule has 0 spiro atoms. The Morgan fingerprint density at radius 2 is 2.18 bits per heavy atom. The van der Waals surface area contributed by atoms with Crippen LogP contribution in [-0.4, -0.2) is 35.4 Å². The molecule has 2 amide bonds. The van der Waals surface area contributed by atoms with Gasteiger partial charge in [-0.05, 0) is 37.3 Å². The summed E-state index contributed by atoms with van der Waals surface area (Å²) in [6.45, 7) is -0.0127. The van der Waals surface area contributed by atoms with E-state index in [9.17, 15) is 9.59 Å². The van der Waals surface area contributed by atoms with Gasteiger partial charge in [0, 0.05) is 12.2 Å². The van der Waals surface area contributed by atoms with Gasteiger partial charge < -0.3 is 16.0 Å². The van der Waals surface area contributed by atoms with Crippen LogP contribution < -0.4 is 16.0 Å². The lowest BCUT2D eigenvalue weighted by molar-refractivity contribution is -0.125. The fraction of sp³-hybridized carbons (Fsp3) is 0.562. The molecule has 22 heavy (non-hydrogen) atoms. The van der Waals surface area contributed by atoms with E-state index in [1.165, 1.54) is 19.3 Å². The van der Waals surface area contributed by atoms with E-state index in [-0.39, 0.29) is 24.4 Å². The Kier molecular flexibility index (Phi) is 4.68. The number of carbonyl (C=O) groups is 2. The van der Waals surface area contributed by atoms with Gasteiger partial charge in [-0.3, -0.25) is 14.6 Å². The lowest BCUT2D eigenvalue weighted by Crippen LogP contribution is -2.45. The standard InChI is InChI=1S/C16H22N4O2/c21-15(19-12-5-3-7-17-9-12)10-18-16(22)14-8-11-4-1-2-6-13(11)20-14/h3,5,7,9,11,13-14,20H,1-2,4,6,8,10H2,(H,18,22)(H,19,21). The molecular weight excluding hydrogens is 280 g/mol. The Morgan fingerprint density at radius 1 is 1.32 bits per heavy atom. The van der Waals surface area contributed by atoms with Crippen molar-refractivity contribution in [2.75, 3.05) is 11.9 Å². The van der Waals surface area contributed by atoms with Crippen molar-refractivity contribution in [1.29, 1.82) is 0 Å². The summed E-state index contributed by atoms with van der Waals surface area (Å²) in [4.78, 5) is 27.9. The molecule has 2 aliphatic rings. The monoisotopic (exact) mass is 302 g/mol. The van der Waals surface area contributed by atoms with Gasteiger partial charge in [0.1, 0.15) is 0 Å². The third-order valence-corrected chi connectivity index (χ3v) is 4.55. The SMILES string of the molecule is O=C(CNC(=O)C1CC2CCCCC2N1)Nc1cccnc1. The molecule has 1 saturated carbocycles. The molecule has 1 aromatic rings. The maximum atomic E-state index is 12.2. The van der Waals surface area contributed by atoms with E-state index in [2.05, 4.69) is 20.9 Å². The van der Waals surface area contributed by atoms with Crippen LogP contribution in [0, 0.1) is 5.92 Å². The Balaban J connectivity index is 1.43. The van der Waals surface area contributed by atoms with Crippen molar-refractivity contribution in [3.63, 3.8) is 0 Å². The highest BCUT2D eigenvalue weighted by atomic mass is 16.2. The minimum absolute atomic E-state index is 0.0127. The van der Waals surface area contributed by atoms with Crippen molar-refractivity contribution in [1.82, 2.24) is 15.6 Å². The van der Waals surface area contributed by atoms with Gasteiger partial charge in [0.05, 0.1) is 24.5 Å². The summed E-state index contributed by atoms with van der Waals surface area (Å²) in [5.41, 5.74) is 0.631. The first kappa shape index (κ1) is 15.0. The van der Waals surface area contributed by atoms with Crippen LogP contribution in [0.25, 0.3) is 0 Å². The molecule has 1 aliphatic carbocycles. The van der Waals surface area contributed by atoms with Gasteiger partial charge in [0.25, 0.3) is 0 Å². The van der Waals surface area contributed by atoms with Gasteiger partial charge in [0.2, 0.25) is 11.8 Å². The Labute approximate surface area is 130 Å². The fourth-order valence-electron chi connectivity index (χ4n) is 3.45. The zero-order chi connectivity index (χ0) is 15.4. The summed E-state index contributed by atoms with van der Waals surface area (Å²) in [6, 6.07) is 3.84.